The molecule has 0 bridgehead atoms. The fourth-order valence-corrected chi connectivity index (χ4v) is 2.44. The van der Waals surface area contributed by atoms with Crippen molar-refractivity contribution in [2.45, 2.75) is 26.4 Å². The summed E-state index contributed by atoms with van der Waals surface area (Å²) in [6, 6.07) is 17.0. The van der Waals surface area contributed by atoms with Crippen LogP contribution in [0.1, 0.15) is 29.7 Å². The molecule has 0 aliphatic heterocycles. The van der Waals surface area contributed by atoms with E-state index in [-0.39, 0.29) is 24.5 Å². The van der Waals surface area contributed by atoms with Crippen LogP contribution in [0.3, 0.4) is 0 Å². The van der Waals surface area contributed by atoms with E-state index in [1.54, 1.807) is 0 Å². The van der Waals surface area contributed by atoms with E-state index >= 15 is 0 Å². The second-order valence-corrected chi connectivity index (χ2v) is 5.67. The molecule has 3 N–H and O–H groups in total. The van der Waals surface area contributed by atoms with E-state index < -0.39 is 0 Å². The summed E-state index contributed by atoms with van der Waals surface area (Å²) in [4.78, 5) is 23.7. The minimum atomic E-state index is -0.363. The summed E-state index contributed by atoms with van der Waals surface area (Å²) >= 11 is 0. The van der Waals surface area contributed by atoms with Crippen LogP contribution in [0.2, 0.25) is 0 Å². The normalized spacial score (nSPS) is 11.4. The van der Waals surface area contributed by atoms with Crippen molar-refractivity contribution in [1.82, 2.24) is 16.0 Å². The fourth-order valence-electron chi connectivity index (χ4n) is 2.44. The molecule has 0 fully saturated rings. The predicted molar refractivity (Wildman–Crippen MR) is 94.4 cm³/mol. The van der Waals surface area contributed by atoms with E-state index in [9.17, 15) is 9.59 Å². The number of rotatable bonds is 6. The predicted octanol–water partition coefficient (Wildman–Crippen LogP) is 2.67. The lowest BCUT2D eigenvalue weighted by molar-refractivity contribution is -0.120. The molecule has 2 aromatic carbocycles. The molecule has 0 radical (unpaired) electrons. The van der Waals surface area contributed by atoms with Gasteiger partial charge >= 0.3 is 6.03 Å². The topological polar surface area (TPSA) is 70.2 Å². The molecule has 5 heteroatoms. The van der Waals surface area contributed by atoms with Gasteiger partial charge in [-0.3, -0.25) is 4.79 Å². The Morgan fingerprint density at radius 2 is 1.62 bits per heavy atom. The van der Waals surface area contributed by atoms with E-state index in [2.05, 4.69) is 16.0 Å². The number of benzene rings is 2. The van der Waals surface area contributed by atoms with Crippen molar-refractivity contribution >= 4 is 11.9 Å². The standard InChI is InChI=1S/C19H23N3O2/c1-14-8-6-7-11-17(14)15(2)22-18(23)13-21-19(24)20-12-16-9-4-3-5-10-16/h3-11,15H,12-13H2,1-2H3,(H,22,23)(H2,20,21,24)/t15-/m1/s1. The zero-order valence-electron chi connectivity index (χ0n) is 14.0. The van der Waals surface area contributed by atoms with E-state index in [0.717, 1.165) is 16.7 Å². The summed E-state index contributed by atoms with van der Waals surface area (Å²) in [6.45, 7) is 4.30. The zero-order valence-corrected chi connectivity index (χ0v) is 14.0. The highest BCUT2D eigenvalue weighted by Crippen LogP contribution is 2.16. The Balaban J connectivity index is 1.72. The first kappa shape index (κ1) is 17.5. The molecule has 0 saturated heterocycles. The first-order valence-corrected chi connectivity index (χ1v) is 7.97. The van der Waals surface area contributed by atoms with Crippen LogP contribution < -0.4 is 16.0 Å². The highest BCUT2D eigenvalue weighted by atomic mass is 16.2. The van der Waals surface area contributed by atoms with Crippen molar-refractivity contribution in [1.29, 1.82) is 0 Å². The first-order chi connectivity index (χ1) is 11.6. The molecule has 3 amide bonds. The van der Waals surface area contributed by atoms with Gasteiger partial charge in [0.05, 0.1) is 12.6 Å². The largest absolute Gasteiger partial charge is 0.348 e. The third kappa shape index (κ3) is 5.43. The van der Waals surface area contributed by atoms with Crippen molar-refractivity contribution in [3.05, 3.63) is 71.3 Å². The van der Waals surface area contributed by atoms with Crippen molar-refractivity contribution in [2.75, 3.05) is 6.54 Å². The zero-order chi connectivity index (χ0) is 17.4. The summed E-state index contributed by atoms with van der Waals surface area (Å²) in [5.74, 6) is -0.222. The van der Waals surface area contributed by atoms with Crippen molar-refractivity contribution in [2.24, 2.45) is 0 Å². The van der Waals surface area contributed by atoms with Crippen LogP contribution in [0.4, 0.5) is 4.79 Å². The molecule has 2 aromatic rings. The molecule has 1 atom stereocenters. The molecule has 0 unspecified atom stereocenters. The Hall–Kier alpha value is -2.82. The smallest absolute Gasteiger partial charge is 0.315 e. The molecule has 5 nitrogen and oxygen atoms in total. The average Bonchev–Trinajstić information content (AvgIpc) is 2.59. The molecular formula is C19H23N3O2. The van der Waals surface area contributed by atoms with Gasteiger partial charge in [-0.25, -0.2) is 4.79 Å². The van der Waals surface area contributed by atoms with Gasteiger partial charge < -0.3 is 16.0 Å². The summed E-state index contributed by atoms with van der Waals surface area (Å²) in [6.07, 6.45) is 0. The van der Waals surface area contributed by atoms with E-state index in [0.29, 0.717) is 6.54 Å². The Morgan fingerprint density at radius 3 is 2.33 bits per heavy atom. The van der Waals surface area contributed by atoms with Crippen LogP contribution in [0, 0.1) is 6.92 Å². The van der Waals surface area contributed by atoms with Gasteiger partial charge in [0.2, 0.25) is 5.91 Å². The number of hydrogen-bond donors (Lipinski definition) is 3. The molecule has 0 spiro atoms. The van der Waals surface area contributed by atoms with Crippen LogP contribution in [0.5, 0.6) is 0 Å². The van der Waals surface area contributed by atoms with Gasteiger partial charge in [-0.2, -0.15) is 0 Å². The van der Waals surface area contributed by atoms with Gasteiger partial charge in [0.25, 0.3) is 0 Å². The first-order valence-electron chi connectivity index (χ1n) is 7.97. The number of carbonyl (C=O) groups is 2. The second kappa shape index (κ2) is 8.72. The molecule has 24 heavy (non-hydrogen) atoms. The minimum Gasteiger partial charge on any atom is -0.348 e. The maximum absolute atomic E-state index is 12.0. The van der Waals surface area contributed by atoms with Gasteiger partial charge in [0.1, 0.15) is 0 Å². The summed E-state index contributed by atoms with van der Waals surface area (Å²) in [5.41, 5.74) is 3.20. The number of amides is 3. The minimum absolute atomic E-state index is 0.0587. The Labute approximate surface area is 142 Å². The lowest BCUT2D eigenvalue weighted by Gasteiger charge is -2.17. The van der Waals surface area contributed by atoms with Crippen LogP contribution in [-0.2, 0) is 11.3 Å². The molecule has 0 saturated carbocycles. The number of nitrogens with one attached hydrogen (secondary N) is 3. The van der Waals surface area contributed by atoms with E-state index in [1.165, 1.54) is 0 Å². The van der Waals surface area contributed by atoms with Crippen LogP contribution in [0.25, 0.3) is 0 Å². The number of aryl methyl sites for hydroxylation is 1. The van der Waals surface area contributed by atoms with Crippen molar-refractivity contribution in [3.63, 3.8) is 0 Å². The molecular weight excluding hydrogens is 302 g/mol. The molecule has 0 aliphatic rings. The van der Waals surface area contributed by atoms with Crippen LogP contribution >= 0.6 is 0 Å². The third-order valence-corrected chi connectivity index (χ3v) is 3.74. The number of hydrogen-bond acceptors (Lipinski definition) is 2. The van der Waals surface area contributed by atoms with Crippen molar-refractivity contribution < 1.29 is 9.59 Å². The lowest BCUT2D eigenvalue weighted by Crippen LogP contribution is -2.42. The maximum Gasteiger partial charge on any atom is 0.315 e. The van der Waals surface area contributed by atoms with Gasteiger partial charge in [0.15, 0.2) is 0 Å². The second-order valence-electron chi connectivity index (χ2n) is 5.67. The molecule has 0 aliphatic carbocycles. The maximum atomic E-state index is 12.0. The average molecular weight is 325 g/mol. The monoisotopic (exact) mass is 325 g/mol. The quantitative estimate of drug-likeness (QED) is 0.764. The van der Waals surface area contributed by atoms with E-state index in [1.807, 2.05) is 68.4 Å². The molecule has 0 aromatic heterocycles. The van der Waals surface area contributed by atoms with Gasteiger partial charge in [-0.15, -0.1) is 0 Å². The summed E-state index contributed by atoms with van der Waals surface area (Å²) < 4.78 is 0. The number of carbonyl (C=O) groups excluding carboxylic acids is 2. The SMILES string of the molecule is Cc1ccccc1[C@@H](C)NC(=O)CNC(=O)NCc1ccccc1. The third-order valence-electron chi connectivity index (χ3n) is 3.74. The van der Waals surface area contributed by atoms with Gasteiger partial charge in [-0.1, -0.05) is 54.6 Å². The van der Waals surface area contributed by atoms with Gasteiger partial charge in [0, 0.05) is 6.54 Å². The highest BCUT2D eigenvalue weighted by molar-refractivity contribution is 5.84. The molecule has 126 valence electrons. The highest BCUT2D eigenvalue weighted by Gasteiger charge is 2.12. The number of urea groups is 1. The summed E-state index contributed by atoms with van der Waals surface area (Å²) in [5, 5.41) is 8.17. The Kier molecular flexibility index (Phi) is 6.37. The summed E-state index contributed by atoms with van der Waals surface area (Å²) in [7, 11) is 0. The van der Waals surface area contributed by atoms with Crippen LogP contribution in [0.15, 0.2) is 54.6 Å². The Morgan fingerprint density at radius 1 is 0.958 bits per heavy atom. The van der Waals surface area contributed by atoms with Crippen molar-refractivity contribution in [3.8, 4) is 0 Å². The van der Waals surface area contributed by atoms with Crippen LogP contribution in [-0.4, -0.2) is 18.5 Å². The lowest BCUT2D eigenvalue weighted by atomic mass is 10.0. The molecule has 2 rings (SSSR count). The fraction of sp³-hybridized carbons (Fsp3) is 0.263. The van der Waals surface area contributed by atoms with E-state index in [4.69, 9.17) is 0 Å². The Bertz CT molecular complexity index is 686. The van der Waals surface area contributed by atoms with Gasteiger partial charge in [-0.05, 0) is 30.5 Å². The molecule has 0 heterocycles.